The van der Waals surface area contributed by atoms with Crippen molar-refractivity contribution < 1.29 is 14.3 Å². The van der Waals surface area contributed by atoms with Gasteiger partial charge in [0.2, 0.25) is 0 Å². The van der Waals surface area contributed by atoms with Crippen LogP contribution in [0.4, 0.5) is 0 Å². The molecule has 1 aromatic rings. The summed E-state index contributed by atoms with van der Waals surface area (Å²) in [6.07, 6.45) is 2.80. The average molecular weight is 225 g/mol. The van der Waals surface area contributed by atoms with Gasteiger partial charge in [0, 0.05) is 40.0 Å². The molecular formula is C12H19NO3. The van der Waals surface area contributed by atoms with Crippen LogP contribution in [0.5, 0.6) is 0 Å². The van der Waals surface area contributed by atoms with Gasteiger partial charge in [-0.15, -0.1) is 0 Å². The highest BCUT2D eigenvalue weighted by atomic mass is 16.5. The highest BCUT2D eigenvalue weighted by molar-refractivity contribution is 5.92. The quantitative estimate of drug-likeness (QED) is 0.500. The molecule has 4 heteroatoms. The molecule has 0 amide bonds. The minimum Gasteiger partial charge on any atom is -0.385 e. The first-order valence-corrected chi connectivity index (χ1v) is 5.48. The Morgan fingerprint density at radius 3 is 2.88 bits per heavy atom. The molecule has 0 bridgehead atoms. The minimum absolute atomic E-state index is 0.0874. The number of ether oxygens (including phenoxy) is 2. The van der Waals surface area contributed by atoms with Crippen molar-refractivity contribution >= 4 is 5.78 Å². The summed E-state index contributed by atoms with van der Waals surface area (Å²) < 4.78 is 12.3. The van der Waals surface area contributed by atoms with Gasteiger partial charge in [-0.2, -0.15) is 0 Å². The lowest BCUT2D eigenvalue weighted by molar-refractivity contribution is 0.0947. The van der Waals surface area contributed by atoms with Crippen molar-refractivity contribution in [1.82, 2.24) is 4.57 Å². The van der Waals surface area contributed by atoms with Crippen LogP contribution in [0, 0.1) is 0 Å². The van der Waals surface area contributed by atoms with Crippen molar-refractivity contribution in [1.29, 1.82) is 0 Å². The van der Waals surface area contributed by atoms with E-state index in [1.807, 2.05) is 22.9 Å². The second-order valence-electron chi connectivity index (χ2n) is 3.60. The lowest BCUT2D eigenvalue weighted by Gasteiger charge is -2.07. The van der Waals surface area contributed by atoms with Gasteiger partial charge in [-0.25, -0.2) is 0 Å². The van der Waals surface area contributed by atoms with Crippen molar-refractivity contribution in [2.75, 3.05) is 26.9 Å². The van der Waals surface area contributed by atoms with E-state index in [1.165, 1.54) is 0 Å². The van der Waals surface area contributed by atoms with Crippen molar-refractivity contribution in [3.63, 3.8) is 0 Å². The fourth-order valence-corrected chi connectivity index (χ4v) is 1.50. The van der Waals surface area contributed by atoms with Crippen LogP contribution in [0.2, 0.25) is 0 Å². The molecule has 1 aromatic heterocycles. The van der Waals surface area contributed by atoms with E-state index in [0.29, 0.717) is 13.2 Å². The van der Waals surface area contributed by atoms with Gasteiger partial charge in [0.25, 0.3) is 0 Å². The number of Topliss-reactive ketones (excluding diaryl/α,β-unsaturated/α-hetero) is 1. The van der Waals surface area contributed by atoms with Gasteiger partial charge in [-0.05, 0) is 18.6 Å². The molecule has 16 heavy (non-hydrogen) atoms. The third-order valence-electron chi connectivity index (χ3n) is 2.30. The Hall–Kier alpha value is -1.13. The Morgan fingerprint density at radius 1 is 1.38 bits per heavy atom. The van der Waals surface area contributed by atoms with Crippen LogP contribution in [-0.2, 0) is 16.0 Å². The van der Waals surface area contributed by atoms with Crippen LogP contribution in [0.3, 0.4) is 0 Å². The van der Waals surface area contributed by atoms with Crippen molar-refractivity contribution in [2.24, 2.45) is 0 Å². The number of methoxy groups -OCH3 is 1. The third-order valence-corrected chi connectivity index (χ3v) is 2.30. The number of hydrogen-bond acceptors (Lipinski definition) is 3. The Morgan fingerprint density at radius 2 is 2.19 bits per heavy atom. The van der Waals surface area contributed by atoms with E-state index in [1.54, 1.807) is 14.0 Å². The molecule has 0 spiro atoms. The number of aromatic nitrogens is 1. The molecule has 4 nitrogen and oxygen atoms in total. The van der Waals surface area contributed by atoms with E-state index in [0.717, 1.165) is 25.3 Å². The van der Waals surface area contributed by atoms with E-state index in [4.69, 9.17) is 9.47 Å². The third kappa shape index (κ3) is 4.16. The van der Waals surface area contributed by atoms with E-state index >= 15 is 0 Å². The topological polar surface area (TPSA) is 40.5 Å². The van der Waals surface area contributed by atoms with Gasteiger partial charge in [0.05, 0.1) is 12.3 Å². The second-order valence-corrected chi connectivity index (χ2v) is 3.60. The molecule has 0 atom stereocenters. The number of nitrogens with zero attached hydrogens (tertiary/aromatic N) is 1. The summed E-state index contributed by atoms with van der Waals surface area (Å²) in [4.78, 5) is 11.2. The molecule has 0 saturated carbocycles. The Bertz CT molecular complexity index is 320. The van der Waals surface area contributed by atoms with Gasteiger partial charge in [-0.1, -0.05) is 0 Å². The maximum Gasteiger partial charge on any atom is 0.176 e. The monoisotopic (exact) mass is 225 g/mol. The molecule has 0 aromatic carbocycles. The summed E-state index contributed by atoms with van der Waals surface area (Å²) in [5, 5.41) is 0. The average Bonchev–Trinajstić information content (AvgIpc) is 2.71. The van der Waals surface area contributed by atoms with Crippen LogP contribution in [0.15, 0.2) is 18.3 Å². The number of hydrogen-bond donors (Lipinski definition) is 0. The summed E-state index contributed by atoms with van der Waals surface area (Å²) in [6.45, 7) is 4.34. The fraction of sp³-hybridized carbons (Fsp3) is 0.583. The fourth-order valence-electron chi connectivity index (χ4n) is 1.50. The minimum atomic E-state index is 0.0874. The van der Waals surface area contributed by atoms with Crippen molar-refractivity contribution in [3.05, 3.63) is 24.0 Å². The molecule has 0 aliphatic carbocycles. The Balaban J connectivity index is 2.21. The highest BCUT2D eigenvalue weighted by Crippen LogP contribution is 2.03. The largest absolute Gasteiger partial charge is 0.385 e. The second kappa shape index (κ2) is 7.19. The SMILES string of the molecule is COCCCOCCn1cccc1C(C)=O. The maximum absolute atomic E-state index is 11.2. The summed E-state index contributed by atoms with van der Waals surface area (Å²) >= 11 is 0. The summed E-state index contributed by atoms with van der Waals surface area (Å²) in [6, 6.07) is 3.70. The summed E-state index contributed by atoms with van der Waals surface area (Å²) in [5.74, 6) is 0.0874. The van der Waals surface area contributed by atoms with Crippen LogP contribution < -0.4 is 0 Å². The van der Waals surface area contributed by atoms with Crippen molar-refractivity contribution in [3.8, 4) is 0 Å². The lowest BCUT2D eigenvalue weighted by Crippen LogP contribution is -2.11. The van der Waals surface area contributed by atoms with Gasteiger partial charge in [0.15, 0.2) is 5.78 Å². The van der Waals surface area contributed by atoms with E-state index < -0.39 is 0 Å². The molecule has 0 N–H and O–H groups in total. The van der Waals surface area contributed by atoms with Crippen LogP contribution in [-0.4, -0.2) is 37.3 Å². The molecule has 90 valence electrons. The molecule has 0 fully saturated rings. The van der Waals surface area contributed by atoms with E-state index in [-0.39, 0.29) is 5.78 Å². The first kappa shape index (κ1) is 12.9. The molecule has 0 aliphatic heterocycles. The maximum atomic E-state index is 11.2. The normalized spacial score (nSPS) is 10.6. The molecule has 0 saturated heterocycles. The molecule has 0 radical (unpaired) electrons. The van der Waals surface area contributed by atoms with Crippen molar-refractivity contribution in [2.45, 2.75) is 19.9 Å². The number of rotatable bonds is 8. The predicted octanol–water partition coefficient (Wildman–Crippen LogP) is 1.74. The number of carbonyl (C=O) groups is 1. The molecule has 0 unspecified atom stereocenters. The zero-order valence-electron chi connectivity index (χ0n) is 9.94. The lowest BCUT2D eigenvalue weighted by atomic mass is 10.3. The predicted molar refractivity (Wildman–Crippen MR) is 61.7 cm³/mol. The van der Waals surface area contributed by atoms with E-state index in [9.17, 15) is 4.79 Å². The highest BCUT2D eigenvalue weighted by Gasteiger charge is 2.04. The van der Waals surface area contributed by atoms with Crippen LogP contribution in [0.1, 0.15) is 23.8 Å². The molecule has 1 rings (SSSR count). The van der Waals surface area contributed by atoms with Crippen LogP contribution in [0.25, 0.3) is 0 Å². The summed E-state index contributed by atoms with van der Waals surface area (Å²) in [5.41, 5.74) is 0.737. The molecule has 0 aliphatic rings. The molecule has 1 heterocycles. The van der Waals surface area contributed by atoms with Gasteiger partial charge in [-0.3, -0.25) is 4.79 Å². The standard InChI is InChI=1S/C12H19NO3/c1-11(14)12-5-3-6-13(12)7-10-16-9-4-8-15-2/h3,5-6H,4,7-10H2,1-2H3. The van der Waals surface area contributed by atoms with E-state index in [2.05, 4.69) is 0 Å². The zero-order valence-corrected chi connectivity index (χ0v) is 9.94. The van der Waals surface area contributed by atoms with Gasteiger partial charge in [0.1, 0.15) is 0 Å². The Labute approximate surface area is 96.2 Å². The Kier molecular flexibility index (Phi) is 5.82. The smallest absolute Gasteiger partial charge is 0.176 e. The number of ketones is 1. The number of carbonyl (C=O) groups excluding carboxylic acids is 1. The van der Waals surface area contributed by atoms with Crippen LogP contribution >= 0.6 is 0 Å². The first-order chi connectivity index (χ1) is 7.75. The summed E-state index contributed by atoms with van der Waals surface area (Å²) in [7, 11) is 1.68. The zero-order chi connectivity index (χ0) is 11.8. The van der Waals surface area contributed by atoms with Gasteiger partial charge >= 0.3 is 0 Å². The first-order valence-electron chi connectivity index (χ1n) is 5.48. The molecular weight excluding hydrogens is 206 g/mol. The van der Waals surface area contributed by atoms with Gasteiger partial charge < -0.3 is 14.0 Å².